The lowest BCUT2D eigenvalue weighted by Gasteiger charge is -2.25. The lowest BCUT2D eigenvalue weighted by molar-refractivity contribution is -0.124. The molecule has 1 aromatic carbocycles. The molecule has 2 rings (SSSR count). The number of benzene rings is 1. The van der Waals surface area contributed by atoms with E-state index in [9.17, 15) is 0 Å². The van der Waals surface area contributed by atoms with Crippen LogP contribution in [0.2, 0.25) is 0 Å². The average Bonchev–Trinajstić information content (AvgIpc) is 2.67. The molecule has 0 radical (unpaired) electrons. The summed E-state index contributed by atoms with van der Waals surface area (Å²) in [5, 5.41) is 0. The molecule has 1 heterocycles. The highest BCUT2D eigenvalue weighted by atomic mass is 16.7. The van der Waals surface area contributed by atoms with Gasteiger partial charge in [-0.3, -0.25) is 0 Å². The van der Waals surface area contributed by atoms with Crippen LogP contribution >= 0.6 is 0 Å². The van der Waals surface area contributed by atoms with Crippen molar-refractivity contribution in [3.63, 3.8) is 0 Å². The van der Waals surface area contributed by atoms with Gasteiger partial charge in [-0.25, -0.2) is 0 Å². The van der Waals surface area contributed by atoms with Crippen LogP contribution in [0.3, 0.4) is 0 Å². The second-order valence-electron chi connectivity index (χ2n) is 5.07. The topological polar surface area (TPSA) is 18.5 Å². The molecule has 0 aliphatic carbocycles. The standard InChI is InChI=1S/C13H18O2/c1-13(2,3)12-14-9-11(15-12)10-7-5-4-6-8-10/h4-8,11-12H,9H2,1-3H3. The van der Waals surface area contributed by atoms with E-state index >= 15 is 0 Å². The highest BCUT2D eigenvalue weighted by Gasteiger charge is 2.35. The van der Waals surface area contributed by atoms with Gasteiger partial charge in [0.05, 0.1) is 6.61 Å². The van der Waals surface area contributed by atoms with Crippen molar-refractivity contribution in [3.8, 4) is 0 Å². The molecule has 0 spiro atoms. The zero-order valence-corrected chi connectivity index (χ0v) is 9.57. The van der Waals surface area contributed by atoms with Crippen LogP contribution < -0.4 is 0 Å². The highest BCUT2D eigenvalue weighted by molar-refractivity contribution is 5.18. The van der Waals surface area contributed by atoms with E-state index < -0.39 is 0 Å². The van der Waals surface area contributed by atoms with Gasteiger partial charge >= 0.3 is 0 Å². The minimum absolute atomic E-state index is 0.0452. The molecule has 0 saturated carbocycles. The molecule has 15 heavy (non-hydrogen) atoms. The SMILES string of the molecule is CC(C)(C)C1OCC(c2ccccc2)O1. The third-order valence-corrected chi connectivity index (χ3v) is 2.57. The van der Waals surface area contributed by atoms with Crippen LogP contribution in [0, 0.1) is 5.41 Å². The Morgan fingerprint density at radius 2 is 1.80 bits per heavy atom. The van der Waals surface area contributed by atoms with E-state index in [-0.39, 0.29) is 17.8 Å². The Bertz CT molecular complexity index is 313. The quantitative estimate of drug-likeness (QED) is 0.702. The van der Waals surface area contributed by atoms with Crippen LogP contribution in [0.5, 0.6) is 0 Å². The first-order valence-corrected chi connectivity index (χ1v) is 5.39. The number of rotatable bonds is 1. The summed E-state index contributed by atoms with van der Waals surface area (Å²) in [4.78, 5) is 0. The van der Waals surface area contributed by atoms with Crippen molar-refractivity contribution in [1.29, 1.82) is 0 Å². The van der Waals surface area contributed by atoms with Crippen molar-refractivity contribution < 1.29 is 9.47 Å². The van der Waals surface area contributed by atoms with Crippen LogP contribution in [-0.2, 0) is 9.47 Å². The summed E-state index contributed by atoms with van der Waals surface area (Å²) in [5.74, 6) is 0. The Hall–Kier alpha value is -0.860. The normalized spacial score (nSPS) is 26.9. The predicted molar refractivity (Wildman–Crippen MR) is 59.5 cm³/mol. The fourth-order valence-electron chi connectivity index (χ4n) is 1.70. The van der Waals surface area contributed by atoms with Gasteiger partial charge in [0.15, 0.2) is 6.29 Å². The van der Waals surface area contributed by atoms with Crippen molar-refractivity contribution in [2.24, 2.45) is 5.41 Å². The van der Waals surface area contributed by atoms with Gasteiger partial charge in [-0.1, -0.05) is 51.1 Å². The minimum Gasteiger partial charge on any atom is -0.349 e. The summed E-state index contributed by atoms with van der Waals surface area (Å²) < 4.78 is 11.6. The zero-order chi connectivity index (χ0) is 10.9. The summed E-state index contributed by atoms with van der Waals surface area (Å²) >= 11 is 0. The van der Waals surface area contributed by atoms with Crippen molar-refractivity contribution in [1.82, 2.24) is 0 Å². The lowest BCUT2D eigenvalue weighted by atomic mass is 9.96. The molecule has 2 nitrogen and oxygen atoms in total. The van der Waals surface area contributed by atoms with E-state index in [4.69, 9.17) is 9.47 Å². The van der Waals surface area contributed by atoms with Crippen LogP contribution in [0.25, 0.3) is 0 Å². The van der Waals surface area contributed by atoms with Crippen LogP contribution in [-0.4, -0.2) is 12.9 Å². The molecule has 0 aromatic heterocycles. The van der Waals surface area contributed by atoms with Crippen molar-refractivity contribution in [2.45, 2.75) is 33.2 Å². The maximum absolute atomic E-state index is 5.89. The van der Waals surface area contributed by atoms with Crippen LogP contribution in [0.15, 0.2) is 30.3 Å². The van der Waals surface area contributed by atoms with Crippen molar-refractivity contribution in [2.75, 3.05) is 6.61 Å². The van der Waals surface area contributed by atoms with Gasteiger partial charge < -0.3 is 9.47 Å². The van der Waals surface area contributed by atoms with E-state index in [1.54, 1.807) is 0 Å². The summed E-state index contributed by atoms with van der Waals surface area (Å²) in [6, 6.07) is 10.2. The van der Waals surface area contributed by atoms with Crippen molar-refractivity contribution >= 4 is 0 Å². The Morgan fingerprint density at radius 1 is 1.13 bits per heavy atom. The summed E-state index contributed by atoms with van der Waals surface area (Å²) in [7, 11) is 0. The third kappa shape index (κ3) is 2.39. The van der Waals surface area contributed by atoms with E-state index in [2.05, 4.69) is 32.9 Å². The van der Waals surface area contributed by atoms with Gasteiger partial charge in [-0.15, -0.1) is 0 Å². The third-order valence-electron chi connectivity index (χ3n) is 2.57. The molecule has 1 saturated heterocycles. The first-order chi connectivity index (χ1) is 7.07. The first kappa shape index (κ1) is 10.7. The lowest BCUT2D eigenvalue weighted by Crippen LogP contribution is -2.26. The van der Waals surface area contributed by atoms with E-state index in [1.165, 1.54) is 5.56 Å². The van der Waals surface area contributed by atoms with E-state index in [0.717, 1.165) is 0 Å². The van der Waals surface area contributed by atoms with Crippen LogP contribution in [0.1, 0.15) is 32.4 Å². The molecule has 0 bridgehead atoms. The molecule has 1 aliphatic heterocycles. The molecule has 2 heteroatoms. The zero-order valence-electron chi connectivity index (χ0n) is 9.57. The fraction of sp³-hybridized carbons (Fsp3) is 0.538. The second-order valence-corrected chi connectivity index (χ2v) is 5.07. The smallest absolute Gasteiger partial charge is 0.163 e. The van der Waals surface area contributed by atoms with Gasteiger partial charge in [0.2, 0.25) is 0 Å². The highest BCUT2D eigenvalue weighted by Crippen LogP contribution is 2.34. The molecule has 1 fully saturated rings. The monoisotopic (exact) mass is 206 g/mol. The van der Waals surface area contributed by atoms with Crippen LogP contribution in [0.4, 0.5) is 0 Å². The van der Waals surface area contributed by atoms with E-state index in [0.29, 0.717) is 6.61 Å². The number of hydrogen-bond acceptors (Lipinski definition) is 2. The number of ether oxygens (including phenoxy) is 2. The van der Waals surface area contributed by atoms with Gasteiger partial charge in [-0.2, -0.15) is 0 Å². The molecule has 2 atom stereocenters. The first-order valence-electron chi connectivity index (χ1n) is 5.39. The Labute approximate surface area is 91.2 Å². The van der Waals surface area contributed by atoms with Gasteiger partial charge in [0.25, 0.3) is 0 Å². The Balaban J connectivity index is 2.05. The summed E-state index contributed by atoms with van der Waals surface area (Å²) in [6.45, 7) is 7.05. The molecule has 2 unspecified atom stereocenters. The molecule has 82 valence electrons. The molecule has 1 aliphatic rings. The number of hydrogen-bond donors (Lipinski definition) is 0. The fourth-order valence-corrected chi connectivity index (χ4v) is 1.70. The maximum Gasteiger partial charge on any atom is 0.163 e. The van der Waals surface area contributed by atoms with Gasteiger partial charge in [0.1, 0.15) is 6.10 Å². The molecular formula is C13H18O2. The molecule has 0 amide bonds. The molecule has 1 aromatic rings. The van der Waals surface area contributed by atoms with Gasteiger partial charge in [0, 0.05) is 5.41 Å². The summed E-state index contributed by atoms with van der Waals surface area (Å²) in [5.41, 5.74) is 1.24. The minimum atomic E-state index is -0.0947. The Morgan fingerprint density at radius 3 is 2.33 bits per heavy atom. The van der Waals surface area contributed by atoms with Crippen molar-refractivity contribution in [3.05, 3.63) is 35.9 Å². The predicted octanol–water partition coefficient (Wildman–Crippen LogP) is 3.15. The summed E-state index contributed by atoms with van der Waals surface area (Å²) in [6.07, 6.45) is -0.00173. The van der Waals surface area contributed by atoms with Gasteiger partial charge in [-0.05, 0) is 5.56 Å². The second kappa shape index (κ2) is 3.95. The van der Waals surface area contributed by atoms with E-state index in [1.807, 2.05) is 18.2 Å². The maximum atomic E-state index is 5.89. The Kier molecular flexibility index (Phi) is 2.81. The molecule has 0 N–H and O–H groups in total. The average molecular weight is 206 g/mol. The molecular weight excluding hydrogens is 188 g/mol. The largest absolute Gasteiger partial charge is 0.349 e.